The van der Waals surface area contributed by atoms with Crippen molar-refractivity contribution in [2.75, 3.05) is 18.1 Å². The van der Waals surface area contributed by atoms with E-state index in [1.54, 1.807) is 0 Å². The van der Waals surface area contributed by atoms with E-state index in [1.165, 1.54) is 40.1 Å². The zero-order valence-electron chi connectivity index (χ0n) is 11.0. The molecule has 0 bridgehead atoms. The first-order chi connectivity index (χ1) is 9.26. The van der Waals surface area contributed by atoms with Gasteiger partial charge in [-0.3, -0.25) is 0 Å². The second kappa shape index (κ2) is 6.48. The molecule has 2 fully saturated rings. The molecular formula is C14H20BrNOS2. The summed E-state index contributed by atoms with van der Waals surface area (Å²) in [4.78, 5) is 1.41. The highest BCUT2D eigenvalue weighted by atomic mass is 79.9. The number of hydrogen-bond donors (Lipinski definition) is 1. The second-order valence-corrected chi connectivity index (χ2v) is 8.58. The molecular weight excluding hydrogens is 342 g/mol. The summed E-state index contributed by atoms with van der Waals surface area (Å²) in [5.74, 6) is 2.54. The number of hydrogen-bond acceptors (Lipinski definition) is 4. The minimum atomic E-state index is 0.192. The van der Waals surface area contributed by atoms with Crippen LogP contribution in [0.1, 0.15) is 30.6 Å². The minimum absolute atomic E-state index is 0.192. The van der Waals surface area contributed by atoms with E-state index in [2.05, 4.69) is 44.5 Å². The fourth-order valence-corrected chi connectivity index (χ4v) is 5.62. The van der Waals surface area contributed by atoms with E-state index in [0.29, 0.717) is 6.04 Å². The predicted molar refractivity (Wildman–Crippen MR) is 87.1 cm³/mol. The number of nitrogens with one attached hydrogen (secondary N) is 1. The van der Waals surface area contributed by atoms with E-state index in [9.17, 15) is 0 Å². The Balaban J connectivity index is 1.53. The van der Waals surface area contributed by atoms with E-state index < -0.39 is 0 Å². The Kier molecular flexibility index (Phi) is 4.91. The third-order valence-electron chi connectivity index (χ3n) is 4.08. The molecule has 2 saturated heterocycles. The van der Waals surface area contributed by atoms with E-state index in [4.69, 9.17) is 4.74 Å². The van der Waals surface area contributed by atoms with E-state index in [0.717, 1.165) is 19.6 Å². The molecule has 0 aromatic carbocycles. The van der Waals surface area contributed by atoms with Crippen molar-refractivity contribution in [3.05, 3.63) is 20.8 Å². The summed E-state index contributed by atoms with van der Waals surface area (Å²) in [5, 5.41) is 5.88. The first kappa shape index (κ1) is 14.4. The van der Waals surface area contributed by atoms with Gasteiger partial charge in [-0.05, 0) is 59.2 Å². The van der Waals surface area contributed by atoms with Crippen molar-refractivity contribution in [3.8, 4) is 0 Å². The monoisotopic (exact) mass is 361 g/mol. The molecule has 0 amide bonds. The van der Waals surface area contributed by atoms with Crippen molar-refractivity contribution in [1.82, 2.24) is 5.32 Å². The average Bonchev–Trinajstić information content (AvgIpc) is 2.83. The summed E-state index contributed by atoms with van der Waals surface area (Å²) >= 11 is 7.41. The molecule has 0 radical (unpaired) electrons. The lowest BCUT2D eigenvalue weighted by molar-refractivity contribution is -0.0933. The molecule has 2 aliphatic heterocycles. The van der Waals surface area contributed by atoms with Gasteiger partial charge in [0.25, 0.3) is 0 Å². The molecule has 1 aromatic rings. The summed E-state index contributed by atoms with van der Waals surface area (Å²) in [7, 11) is 0. The van der Waals surface area contributed by atoms with Crippen molar-refractivity contribution >= 4 is 39.0 Å². The minimum Gasteiger partial charge on any atom is -0.375 e. The van der Waals surface area contributed by atoms with Crippen LogP contribution in [0.4, 0.5) is 0 Å². The van der Waals surface area contributed by atoms with Gasteiger partial charge in [0.2, 0.25) is 0 Å². The largest absolute Gasteiger partial charge is 0.375 e. The quantitative estimate of drug-likeness (QED) is 0.877. The lowest BCUT2D eigenvalue weighted by atomic mass is 9.85. The van der Waals surface area contributed by atoms with Gasteiger partial charge in [0.15, 0.2) is 0 Å². The first-order valence-electron chi connectivity index (χ1n) is 6.94. The fraction of sp³-hybridized carbons (Fsp3) is 0.714. The molecule has 1 atom stereocenters. The van der Waals surface area contributed by atoms with E-state index in [1.807, 2.05) is 11.3 Å². The van der Waals surface area contributed by atoms with Gasteiger partial charge < -0.3 is 10.1 Å². The van der Waals surface area contributed by atoms with Crippen LogP contribution in [0.5, 0.6) is 0 Å². The summed E-state index contributed by atoms with van der Waals surface area (Å²) in [6.45, 7) is 1.92. The molecule has 106 valence electrons. The molecule has 0 aliphatic carbocycles. The maximum atomic E-state index is 6.13. The maximum absolute atomic E-state index is 6.13. The summed E-state index contributed by atoms with van der Waals surface area (Å²) in [6.07, 6.45) is 4.82. The predicted octanol–water partition coefficient (Wildman–Crippen LogP) is 4.05. The van der Waals surface area contributed by atoms with Gasteiger partial charge in [0, 0.05) is 33.9 Å². The van der Waals surface area contributed by atoms with Crippen LogP contribution in [0.3, 0.4) is 0 Å². The highest BCUT2D eigenvalue weighted by Crippen LogP contribution is 2.37. The summed E-state index contributed by atoms with van der Waals surface area (Å²) in [5.41, 5.74) is 0.192. The van der Waals surface area contributed by atoms with Gasteiger partial charge in [0.05, 0.1) is 5.60 Å². The SMILES string of the molecule is Brc1csc(CNC2CCOC3(CCSCC3)C2)c1. The average molecular weight is 362 g/mol. The third-order valence-corrected chi connectivity index (χ3v) is 6.77. The van der Waals surface area contributed by atoms with Crippen molar-refractivity contribution < 1.29 is 4.74 Å². The van der Waals surface area contributed by atoms with Gasteiger partial charge >= 0.3 is 0 Å². The highest BCUT2D eigenvalue weighted by molar-refractivity contribution is 9.10. The Morgan fingerprint density at radius 1 is 1.42 bits per heavy atom. The van der Waals surface area contributed by atoms with E-state index in [-0.39, 0.29) is 5.60 Å². The smallest absolute Gasteiger partial charge is 0.0713 e. The Hall–Kier alpha value is 0.450. The van der Waals surface area contributed by atoms with E-state index >= 15 is 0 Å². The van der Waals surface area contributed by atoms with Crippen LogP contribution in [0.25, 0.3) is 0 Å². The van der Waals surface area contributed by atoms with Gasteiger partial charge in [-0.15, -0.1) is 11.3 Å². The molecule has 3 heterocycles. The number of thiophene rings is 1. The second-order valence-electron chi connectivity index (χ2n) is 5.45. The van der Waals surface area contributed by atoms with Crippen LogP contribution in [0, 0.1) is 0 Å². The lowest BCUT2D eigenvalue weighted by Crippen LogP contribution is -2.48. The van der Waals surface area contributed by atoms with Crippen LogP contribution in [-0.2, 0) is 11.3 Å². The molecule has 3 rings (SSSR count). The summed E-state index contributed by atoms with van der Waals surface area (Å²) < 4.78 is 7.33. The Bertz CT molecular complexity index is 412. The molecule has 1 unspecified atom stereocenters. The van der Waals surface area contributed by atoms with Crippen molar-refractivity contribution in [1.29, 1.82) is 0 Å². The number of thioether (sulfide) groups is 1. The molecule has 19 heavy (non-hydrogen) atoms. The standard InChI is InChI=1S/C14H20BrNOS2/c15-11-7-13(19-10-11)9-16-12-1-4-17-14(8-12)2-5-18-6-3-14/h7,10,12,16H,1-6,8-9H2. The van der Waals surface area contributed by atoms with Gasteiger partial charge in [-0.25, -0.2) is 0 Å². The zero-order valence-corrected chi connectivity index (χ0v) is 14.2. The van der Waals surface area contributed by atoms with Gasteiger partial charge in [0.1, 0.15) is 0 Å². The molecule has 2 nitrogen and oxygen atoms in total. The zero-order chi connectivity index (χ0) is 13.1. The van der Waals surface area contributed by atoms with Crippen molar-refractivity contribution in [3.63, 3.8) is 0 Å². The molecule has 5 heteroatoms. The van der Waals surface area contributed by atoms with Crippen LogP contribution in [0.15, 0.2) is 15.9 Å². The molecule has 1 spiro atoms. The van der Waals surface area contributed by atoms with Crippen molar-refractivity contribution in [2.45, 2.75) is 43.9 Å². The van der Waals surface area contributed by atoms with Gasteiger partial charge in [-0.2, -0.15) is 11.8 Å². The topological polar surface area (TPSA) is 21.3 Å². The Labute approximate surface area is 131 Å². The Morgan fingerprint density at radius 2 is 2.26 bits per heavy atom. The molecule has 1 aromatic heterocycles. The fourth-order valence-electron chi connectivity index (χ4n) is 2.99. The number of halogens is 1. The van der Waals surface area contributed by atoms with Gasteiger partial charge in [-0.1, -0.05) is 0 Å². The molecule has 2 aliphatic rings. The maximum Gasteiger partial charge on any atom is 0.0713 e. The number of ether oxygens (including phenoxy) is 1. The molecule has 1 N–H and O–H groups in total. The highest BCUT2D eigenvalue weighted by Gasteiger charge is 2.38. The third kappa shape index (κ3) is 3.76. The molecule has 0 saturated carbocycles. The van der Waals surface area contributed by atoms with Crippen LogP contribution in [-0.4, -0.2) is 29.8 Å². The normalized spacial score (nSPS) is 26.7. The van der Waals surface area contributed by atoms with Crippen LogP contribution >= 0.6 is 39.0 Å². The van der Waals surface area contributed by atoms with Crippen LogP contribution in [0.2, 0.25) is 0 Å². The Morgan fingerprint density at radius 3 is 3.00 bits per heavy atom. The summed E-state index contributed by atoms with van der Waals surface area (Å²) in [6, 6.07) is 2.84. The first-order valence-corrected chi connectivity index (χ1v) is 9.77. The van der Waals surface area contributed by atoms with Crippen molar-refractivity contribution in [2.24, 2.45) is 0 Å². The lowest BCUT2D eigenvalue weighted by Gasteiger charge is -2.43. The van der Waals surface area contributed by atoms with Crippen LogP contribution < -0.4 is 5.32 Å². The number of rotatable bonds is 3.